The Balaban J connectivity index is 1.84. The second-order valence-corrected chi connectivity index (χ2v) is 8.49. The highest BCUT2D eigenvalue weighted by molar-refractivity contribution is 6.32. The minimum Gasteiger partial charge on any atom is -0.489 e. The molecule has 0 amide bonds. The van der Waals surface area contributed by atoms with Gasteiger partial charge in [0, 0.05) is 17.5 Å². The van der Waals surface area contributed by atoms with Crippen LogP contribution >= 0.6 is 11.6 Å². The van der Waals surface area contributed by atoms with E-state index >= 15 is 0 Å². The van der Waals surface area contributed by atoms with Gasteiger partial charge in [0.1, 0.15) is 5.75 Å². The summed E-state index contributed by atoms with van der Waals surface area (Å²) >= 11 is 6.38. The predicted molar refractivity (Wildman–Crippen MR) is 130 cm³/mol. The van der Waals surface area contributed by atoms with Gasteiger partial charge in [0.05, 0.1) is 17.7 Å². The number of carbonyl (C=O) groups excluding carboxylic acids is 1. The molecule has 0 atom stereocenters. The lowest BCUT2D eigenvalue weighted by atomic mass is 9.93. The summed E-state index contributed by atoms with van der Waals surface area (Å²) in [6.45, 7) is 8.28. The number of hydrogen-bond donors (Lipinski definition) is 0. The minimum absolute atomic E-state index is 0.0323. The Morgan fingerprint density at radius 1 is 1.15 bits per heavy atom. The average molecular weight is 471 g/mol. The molecule has 0 radical (unpaired) electrons. The number of rotatable bonds is 11. The van der Waals surface area contributed by atoms with Crippen molar-refractivity contribution in [2.24, 2.45) is 0 Å². The first-order valence-corrected chi connectivity index (χ1v) is 11.9. The van der Waals surface area contributed by atoms with E-state index in [9.17, 15) is 4.79 Å². The Morgan fingerprint density at radius 3 is 2.67 bits per heavy atom. The van der Waals surface area contributed by atoms with Crippen LogP contribution in [0.25, 0.3) is 22.8 Å². The fourth-order valence-corrected chi connectivity index (χ4v) is 3.94. The van der Waals surface area contributed by atoms with Gasteiger partial charge >= 0.3 is 5.97 Å². The van der Waals surface area contributed by atoms with Crippen LogP contribution in [0.5, 0.6) is 5.75 Å². The van der Waals surface area contributed by atoms with Crippen LogP contribution in [0, 0.1) is 0 Å². The lowest BCUT2D eigenvalue weighted by Crippen LogP contribution is -2.05. The van der Waals surface area contributed by atoms with Crippen molar-refractivity contribution in [3.8, 4) is 28.6 Å². The van der Waals surface area contributed by atoms with Gasteiger partial charge in [-0.05, 0) is 69.4 Å². The van der Waals surface area contributed by atoms with E-state index in [1.807, 2.05) is 45.0 Å². The van der Waals surface area contributed by atoms with E-state index < -0.39 is 0 Å². The first-order valence-electron chi connectivity index (χ1n) is 11.5. The van der Waals surface area contributed by atoms with Gasteiger partial charge in [-0.2, -0.15) is 4.98 Å². The number of esters is 1. The maximum absolute atomic E-state index is 11.7. The molecule has 0 aliphatic carbocycles. The number of halogens is 1. The second-order valence-electron chi connectivity index (χ2n) is 8.09. The van der Waals surface area contributed by atoms with E-state index in [1.54, 1.807) is 6.07 Å². The molecule has 0 aliphatic rings. The SMILES string of the molecule is CCCc1c(CCCC(=O)OCC)cccc1-c1noc(-c2ccc(OC(C)C)c(Cl)c2)n1. The van der Waals surface area contributed by atoms with E-state index in [2.05, 4.69) is 23.1 Å². The molecule has 176 valence electrons. The number of aryl methyl sites for hydroxylation is 1. The Labute approximate surface area is 200 Å². The number of nitrogens with zero attached hydrogens (tertiary/aromatic N) is 2. The molecule has 0 saturated carbocycles. The molecule has 3 rings (SSSR count). The summed E-state index contributed by atoms with van der Waals surface area (Å²) in [6.07, 6.45) is 3.85. The highest BCUT2D eigenvalue weighted by Crippen LogP contribution is 2.32. The molecule has 0 N–H and O–H groups in total. The van der Waals surface area contributed by atoms with Crippen LogP contribution < -0.4 is 4.74 Å². The molecule has 0 fully saturated rings. The molecule has 33 heavy (non-hydrogen) atoms. The molecular formula is C26H31ClN2O4. The topological polar surface area (TPSA) is 74.5 Å². The third-order valence-corrected chi connectivity index (χ3v) is 5.41. The van der Waals surface area contributed by atoms with Crippen LogP contribution in [0.2, 0.25) is 5.02 Å². The lowest BCUT2D eigenvalue weighted by Gasteiger charge is -2.12. The molecule has 1 aromatic heterocycles. The first kappa shape index (κ1) is 24.8. The van der Waals surface area contributed by atoms with Crippen LogP contribution in [0.1, 0.15) is 58.1 Å². The summed E-state index contributed by atoms with van der Waals surface area (Å²) in [4.78, 5) is 16.3. The van der Waals surface area contributed by atoms with Gasteiger partial charge in [-0.25, -0.2) is 0 Å². The summed E-state index contributed by atoms with van der Waals surface area (Å²) < 4.78 is 16.3. The van der Waals surface area contributed by atoms with Crippen LogP contribution in [-0.4, -0.2) is 28.8 Å². The summed E-state index contributed by atoms with van der Waals surface area (Å²) in [6, 6.07) is 11.6. The van der Waals surface area contributed by atoms with E-state index in [-0.39, 0.29) is 12.1 Å². The van der Waals surface area contributed by atoms with E-state index in [1.165, 1.54) is 11.1 Å². The van der Waals surface area contributed by atoms with Crippen molar-refractivity contribution in [2.45, 2.75) is 65.9 Å². The number of ether oxygens (including phenoxy) is 2. The van der Waals surface area contributed by atoms with Gasteiger partial charge in [-0.15, -0.1) is 0 Å². The zero-order valence-electron chi connectivity index (χ0n) is 19.7. The fraction of sp³-hybridized carbons (Fsp3) is 0.423. The molecule has 3 aromatic rings. The lowest BCUT2D eigenvalue weighted by molar-refractivity contribution is -0.143. The van der Waals surface area contributed by atoms with E-state index in [0.29, 0.717) is 35.5 Å². The van der Waals surface area contributed by atoms with Gasteiger partial charge in [0.15, 0.2) is 0 Å². The molecule has 6 nitrogen and oxygen atoms in total. The molecule has 2 aromatic carbocycles. The molecule has 0 spiro atoms. The molecule has 7 heteroatoms. The van der Waals surface area contributed by atoms with Crippen molar-refractivity contribution in [1.82, 2.24) is 10.1 Å². The second kappa shape index (κ2) is 11.8. The quantitative estimate of drug-likeness (QED) is 0.291. The third kappa shape index (κ3) is 6.57. The van der Waals surface area contributed by atoms with Gasteiger partial charge < -0.3 is 14.0 Å². The van der Waals surface area contributed by atoms with Crippen molar-refractivity contribution >= 4 is 17.6 Å². The monoisotopic (exact) mass is 470 g/mol. The summed E-state index contributed by atoms with van der Waals surface area (Å²) in [7, 11) is 0. The predicted octanol–water partition coefficient (Wildman–Crippen LogP) is 6.68. The highest BCUT2D eigenvalue weighted by Gasteiger charge is 2.17. The molecular weight excluding hydrogens is 440 g/mol. The maximum Gasteiger partial charge on any atom is 0.305 e. The Bertz CT molecular complexity index is 1080. The van der Waals surface area contributed by atoms with Crippen molar-refractivity contribution in [3.63, 3.8) is 0 Å². The zero-order chi connectivity index (χ0) is 23.8. The third-order valence-electron chi connectivity index (χ3n) is 5.11. The maximum atomic E-state index is 11.7. The summed E-state index contributed by atoms with van der Waals surface area (Å²) in [5.74, 6) is 1.41. The van der Waals surface area contributed by atoms with Crippen LogP contribution in [0.3, 0.4) is 0 Å². The smallest absolute Gasteiger partial charge is 0.305 e. The van der Waals surface area contributed by atoms with Crippen LogP contribution in [-0.2, 0) is 22.4 Å². The van der Waals surface area contributed by atoms with Crippen molar-refractivity contribution in [3.05, 3.63) is 52.5 Å². The van der Waals surface area contributed by atoms with Crippen molar-refractivity contribution in [1.29, 1.82) is 0 Å². The van der Waals surface area contributed by atoms with Crippen molar-refractivity contribution < 1.29 is 18.8 Å². The van der Waals surface area contributed by atoms with Gasteiger partial charge in [-0.1, -0.05) is 48.3 Å². The summed E-state index contributed by atoms with van der Waals surface area (Å²) in [5.41, 5.74) is 4.07. The zero-order valence-corrected chi connectivity index (χ0v) is 20.4. The molecule has 1 heterocycles. The molecule has 0 saturated heterocycles. The van der Waals surface area contributed by atoms with Crippen LogP contribution in [0.15, 0.2) is 40.9 Å². The normalized spacial score (nSPS) is 11.1. The Morgan fingerprint density at radius 2 is 1.97 bits per heavy atom. The molecule has 0 unspecified atom stereocenters. The fourth-order valence-electron chi connectivity index (χ4n) is 3.71. The number of carbonyl (C=O) groups is 1. The van der Waals surface area contributed by atoms with Gasteiger partial charge in [0.2, 0.25) is 5.82 Å². The van der Waals surface area contributed by atoms with Gasteiger partial charge in [-0.3, -0.25) is 4.79 Å². The molecule has 0 aliphatic heterocycles. The van der Waals surface area contributed by atoms with Crippen molar-refractivity contribution in [2.75, 3.05) is 6.61 Å². The Hall–Kier alpha value is -2.86. The largest absolute Gasteiger partial charge is 0.489 e. The standard InChI is InChI=1S/C26H31ClN2O4/c1-5-9-20-18(11-8-13-24(30)31-6-2)10-7-12-21(20)25-28-26(33-29-25)19-14-15-23(22(27)16-19)32-17(3)4/h7,10,12,14-17H,5-6,8-9,11,13H2,1-4H3. The Kier molecular flexibility index (Phi) is 8.89. The summed E-state index contributed by atoms with van der Waals surface area (Å²) in [5, 5.41) is 4.74. The van der Waals surface area contributed by atoms with Crippen LogP contribution in [0.4, 0.5) is 0 Å². The van der Waals surface area contributed by atoms with Gasteiger partial charge in [0.25, 0.3) is 5.89 Å². The van der Waals surface area contributed by atoms with E-state index in [4.69, 9.17) is 25.6 Å². The molecule has 0 bridgehead atoms. The van der Waals surface area contributed by atoms with E-state index in [0.717, 1.165) is 36.8 Å². The number of aromatic nitrogens is 2. The highest BCUT2D eigenvalue weighted by atomic mass is 35.5. The first-order chi connectivity index (χ1) is 15.9. The minimum atomic E-state index is -0.156. The number of hydrogen-bond acceptors (Lipinski definition) is 6. The average Bonchev–Trinajstić information content (AvgIpc) is 3.26. The number of benzene rings is 2.